The van der Waals surface area contributed by atoms with Crippen LogP contribution >= 0.6 is 0 Å². The van der Waals surface area contributed by atoms with Gasteiger partial charge in [-0.1, -0.05) is 26.0 Å². The lowest BCUT2D eigenvalue weighted by atomic mass is 9.79. The number of rotatable bonds is 2. The Morgan fingerprint density at radius 2 is 2.18 bits per heavy atom. The molecule has 0 fully saturated rings. The van der Waals surface area contributed by atoms with E-state index in [0.29, 0.717) is 5.92 Å². The first kappa shape index (κ1) is 8.79. The zero-order valence-corrected chi connectivity index (χ0v) is 7.59. The monoisotopic (exact) mass is 153 g/mol. The fourth-order valence-corrected chi connectivity index (χ4v) is 1.79. The van der Waals surface area contributed by atoms with E-state index in [0.717, 1.165) is 18.4 Å². The van der Waals surface area contributed by atoms with Crippen molar-refractivity contribution in [2.24, 2.45) is 23.5 Å². The topological polar surface area (TPSA) is 26.0 Å². The average molecular weight is 153 g/mol. The van der Waals surface area contributed by atoms with E-state index in [1.807, 2.05) is 0 Å². The Morgan fingerprint density at radius 3 is 2.73 bits per heavy atom. The molecule has 0 spiro atoms. The Balaban J connectivity index is 2.52. The molecule has 0 saturated heterocycles. The lowest BCUT2D eigenvalue weighted by Gasteiger charge is -2.27. The van der Waals surface area contributed by atoms with Crippen molar-refractivity contribution in [3.05, 3.63) is 12.2 Å². The second-order valence-corrected chi connectivity index (χ2v) is 3.64. The SMILES string of the molecule is CCC1C=CC(C)C(CN)C1. The summed E-state index contributed by atoms with van der Waals surface area (Å²) in [5, 5.41) is 0. The van der Waals surface area contributed by atoms with Crippen LogP contribution in [0.25, 0.3) is 0 Å². The number of allylic oxidation sites excluding steroid dienone is 2. The first-order valence-electron chi connectivity index (χ1n) is 4.66. The van der Waals surface area contributed by atoms with E-state index in [4.69, 9.17) is 5.73 Å². The van der Waals surface area contributed by atoms with E-state index in [2.05, 4.69) is 26.0 Å². The lowest BCUT2D eigenvalue weighted by Crippen LogP contribution is -2.25. The molecule has 1 aliphatic rings. The fourth-order valence-electron chi connectivity index (χ4n) is 1.79. The molecule has 2 N–H and O–H groups in total. The summed E-state index contributed by atoms with van der Waals surface area (Å²) in [6.07, 6.45) is 7.25. The second-order valence-electron chi connectivity index (χ2n) is 3.64. The minimum Gasteiger partial charge on any atom is -0.330 e. The van der Waals surface area contributed by atoms with E-state index < -0.39 is 0 Å². The lowest BCUT2D eigenvalue weighted by molar-refractivity contribution is 0.328. The largest absolute Gasteiger partial charge is 0.330 e. The molecule has 0 aliphatic heterocycles. The quantitative estimate of drug-likeness (QED) is 0.605. The molecule has 3 unspecified atom stereocenters. The van der Waals surface area contributed by atoms with Crippen molar-refractivity contribution in [1.82, 2.24) is 0 Å². The molecule has 0 heterocycles. The van der Waals surface area contributed by atoms with Crippen LogP contribution < -0.4 is 5.73 Å². The Labute approximate surface area is 69.7 Å². The molecule has 1 rings (SSSR count). The average Bonchev–Trinajstić information content (AvgIpc) is 2.05. The van der Waals surface area contributed by atoms with Gasteiger partial charge in [0, 0.05) is 0 Å². The van der Waals surface area contributed by atoms with Crippen molar-refractivity contribution < 1.29 is 0 Å². The normalized spacial score (nSPS) is 37.5. The molecule has 0 aromatic heterocycles. The van der Waals surface area contributed by atoms with Crippen LogP contribution in [0.1, 0.15) is 26.7 Å². The Hall–Kier alpha value is -0.300. The van der Waals surface area contributed by atoms with Gasteiger partial charge < -0.3 is 5.73 Å². The number of hydrogen-bond acceptors (Lipinski definition) is 1. The fraction of sp³-hybridized carbons (Fsp3) is 0.800. The Bertz CT molecular complexity index is 140. The zero-order valence-electron chi connectivity index (χ0n) is 7.59. The highest BCUT2D eigenvalue weighted by molar-refractivity contribution is 4.99. The molecule has 0 saturated carbocycles. The van der Waals surface area contributed by atoms with Gasteiger partial charge in [0.25, 0.3) is 0 Å². The molecule has 64 valence electrons. The third-order valence-electron chi connectivity index (χ3n) is 2.86. The predicted octanol–water partition coefficient (Wildman–Crippen LogP) is 2.18. The molecule has 0 aromatic carbocycles. The summed E-state index contributed by atoms with van der Waals surface area (Å²) < 4.78 is 0. The van der Waals surface area contributed by atoms with Crippen molar-refractivity contribution in [3.8, 4) is 0 Å². The summed E-state index contributed by atoms with van der Waals surface area (Å²) in [6, 6.07) is 0. The van der Waals surface area contributed by atoms with Gasteiger partial charge in [0.2, 0.25) is 0 Å². The van der Waals surface area contributed by atoms with E-state index in [-0.39, 0.29) is 0 Å². The van der Waals surface area contributed by atoms with Gasteiger partial charge in [-0.2, -0.15) is 0 Å². The van der Waals surface area contributed by atoms with E-state index >= 15 is 0 Å². The van der Waals surface area contributed by atoms with Crippen molar-refractivity contribution in [3.63, 3.8) is 0 Å². The molecule has 11 heavy (non-hydrogen) atoms. The highest BCUT2D eigenvalue weighted by Crippen LogP contribution is 2.28. The number of nitrogens with two attached hydrogens (primary N) is 1. The summed E-state index contributed by atoms with van der Waals surface area (Å²) >= 11 is 0. The predicted molar refractivity (Wildman–Crippen MR) is 49.2 cm³/mol. The summed E-state index contributed by atoms with van der Waals surface area (Å²) in [6.45, 7) is 5.36. The van der Waals surface area contributed by atoms with Crippen LogP contribution in [0.15, 0.2) is 12.2 Å². The summed E-state index contributed by atoms with van der Waals surface area (Å²) in [4.78, 5) is 0. The summed E-state index contributed by atoms with van der Waals surface area (Å²) in [5.74, 6) is 2.22. The molecule has 0 radical (unpaired) electrons. The first-order chi connectivity index (χ1) is 5.27. The maximum absolute atomic E-state index is 5.68. The molecule has 1 aliphatic carbocycles. The van der Waals surface area contributed by atoms with Gasteiger partial charge in [-0.05, 0) is 37.1 Å². The molecule has 0 aromatic rings. The van der Waals surface area contributed by atoms with Gasteiger partial charge in [-0.25, -0.2) is 0 Å². The zero-order chi connectivity index (χ0) is 8.27. The molecular weight excluding hydrogens is 134 g/mol. The van der Waals surface area contributed by atoms with Crippen LogP contribution in [-0.2, 0) is 0 Å². The van der Waals surface area contributed by atoms with E-state index in [1.54, 1.807) is 0 Å². The minimum absolute atomic E-state index is 0.697. The van der Waals surface area contributed by atoms with Gasteiger partial charge in [0.05, 0.1) is 0 Å². The van der Waals surface area contributed by atoms with E-state index in [1.165, 1.54) is 12.8 Å². The molecule has 3 atom stereocenters. The van der Waals surface area contributed by atoms with Crippen LogP contribution in [-0.4, -0.2) is 6.54 Å². The molecular formula is C10H19N. The van der Waals surface area contributed by atoms with E-state index in [9.17, 15) is 0 Å². The maximum atomic E-state index is 5.68. The maximum Gasteiger partial charge on any atom is -0.00431 e. The molecule has 0 bridgehead atoms. The van der Waals surface area contributed by atoms with Crippen molar-refractivity contribution in [1.29, 1.82) is 0 Å². The standard InChI is InChI=1S/C10H19N/c1-3-9-5-4-8(2)10(6-9)7-11/h4-5,8-10H,3,6-7,11H2,1-2H3. The Morgan fingerprint density at radius 1 is 1.45 bits per heavy atom. The van der Waals surface area contributed by atoms with Crippen LogP contribution in [0.3, 0.4) is 0 Å². The molecule has 1 nitrogen and oxygen atoms in total. The molecule has 0 amide bonds. The second kappa shape index (κ2) is 3.91. The van der Waals surface area contributed by atoms with Gasteiger partial charge >= 0.3 is 0 Å². The summed E-state index contributed by atoms with van der Waals surface area (Å²) in [5.41, 5.74) is 5.68. The van der Waals surface area contributed by atoms with Gasteiger partial charge in [0.15, 0.2) is 0 Å². The first-order valence-corrected chi connectivity index (χ1v) is 4.66. The summed E-state index contributed by atoms with van der Waals surface area (Å²) in [7, 11) is 0. The van der Waals surface area contributed by atoms with Crippen LogP contribution in [0.5, 0.6) is 0 Å². The van der Waals surface area contributed by atoms with Crippen LogP contribution in [0, 0.1) is 17.8 Å². The Kier molecular flexibility index (Phi) is 3.13. The number of hydrogen-bond donors (Lipinski definition) is 1. The smallest absolute Gasteiger partial charge is 0.00431 e. The third-order valence-corrected chi connectivity index (χ3v) is 2.86. The van der Waals surface area contributed by atoms with Crippen molar-refractivity contribution >= 4 is 0 Å². The van der Waals surface area contributed by atoms with Crippen molar-refractivity contribution in [2.45, 2.75) is 26.7 Å². The minimum atomic E-state index is 0.697. The van der Waals surface area contributed by atoms with Crippen LogP contribution in [0.2, 0.25) is 0 Å². The van der Waals surface area contributed by atoms with Crippen molar-refractivity contribution in [2.75, 3.05) is 6.54 Å². The highest BCUT2D eigenvalue weighted by atomic mass is 14.6. The highest BCUT2D eigenvalue weighted by Gasteiger charge is 2.20. The molecule has 1 heteroatoms. The third kappa shape index (κ3) is 2.06. The van der Waals surface area contributed by atoms with Gasteiger partial charge in [0.1, 0.15) is 0 Å². The van der Waals surface area contributed by atoms with Gasteiger partial charge in [-0.3, -0.25) is 0 Å². The van der Waals surface area contributed by atoms with Crippen LogP contribution in [0.4, 0.5) is 0 Å². The van der Waals surface area contributed by atoms with Gasteiger partial charge in [-0.15, -0.1) is 0 Å².